The Balaban J connectivity index is 1.81. The highest BCUT2D eigenvalue weighted by atomic mass is 16.5. The fourth-order valence-corrected chi connectivity index (χ4v) is 3.78. The molecule has 2 aliphatic rings. The third-order valence-corrected chi connectivity index (χ3v) is 5.59. The predicted molar refractivity (Wildman–Crippen MR) is 110 cm³/mol. The fraction of sp³-hybridized carbons (Fsp3) is 0.900. The second-order valence-corrected chi connectivity index (χ2v) is 8.22. The van der Waals surface area contributed by atoms with Crippen LogP contribution < -0.4 is 10.6 Å². The molecular weight excluding hydrogens is 342 g/mol. The van der Waals surface area contributed by atoms with E-state index in [1.165, 1.54) is 6.42 Å². The van der Waals surface area contributed by atoms with Crippen LogP contribution in [0.2, 0.25) is 0 Å². The van der Waals surface area contributed by atoms with Crippen LogP contribution in [-0.4, -0.2) is 85.7 Å². The minimum absolute atomic E-state index is 0.00875. The van der Waals surface area contributed by atoms with E-state index in [1.54, 1.807) is 0 Å². The van der Waals surface area contributed by atoms with Gasteiger partial charge >= 0.3 is 0 Å². The van der Waals surface area contributed by atoms with Gasteiger partial charge in [-0.1, -0.05) is 0 Å². The smallest absolute Gasteiger partial charge is 0.224 e. The SMILES string of the molecule is CCNC(=NCC(C)(C)N1CCOCC1)NCCC(=O)N1CCCCC1C. The number of hydrogen-bond donors (Lipinski definition) is 2. The van der Waals surface area contributed by atoms with Gasteiger partial charge in [-0.3, -0.25) is 14.7 Å². The maximum Gasteiger partial charge on any atom is 0.224 e. The van der Waals surface area contributed by atoms with Gasteiger partial charge in [-0.15, -0.1) is 0 Å². The van der Waals surface area contributed by atoms with Crippen molar-refractivity contribution in [1.29, 1.82) is 0 Å². The Morgan fingerprint density at radius 2 is 1.93 bits per heavy atom. The van der Waals surface area contributed by atoms with Crippen molar-refractivity contribution in [2.45, 2.75) is 65.0 Å². The number of likely N-dealkylation sites (tertiary alicyclic amines) is 1. The molecule has 0 bridgehead atoms. The summed E-state index contributed by atoms with van der Waals surface area (Å²) in [6.45, 7) is 15.2. The summed E-state index contributed by atoms with van der Waals surface area (Å²) in [5.41, 5.74) is -0.00875. The van der Waals surface area contributed by atoms with Gasteiger partial charge in [0.25, 0.3) is 0 Å². The molecule has 2 rings (SSSR count). The number of rotatable bonds is 7. The number of guanidine groups is 1. The average molecular weight is 382 g/mol. The van der Waals surface area contributed by atoms with Crippen LogP contribution in [0.15, 0.2) is 4.99 Å². The summed E-state index contributed by atoms with van der Waals surface area (Å²) in [7, 11) is 0. The molecule has 2 saturated heterocycles. The normalized spacial score (nSPS) is 22.6. The molecule has 1 amide bonds. The maximum absolute atomic E-state index is 12.5. The average Bonchev–Trinajstić information content (AvgIpc) is 2.67. The van der Waals surface area contributed by atoms with Gasteiger partial charge in [-0.05, 0) is 47.0 Å². The topological polar surface area (TPSA) is 69.2 Å². The second kappa shape index (κ2) is 10.9. The molecule has 7 heteroatoms. The molecule has 2 aliphatic heterocycles. The zero-order valence-corrected chi connectivity index (χ0v) is 17.7. The van der Waals surface area contributed by atoms with Gasteiger partial charge in [0, 0.05) is 50.7 Å². The number of aliphatic imine (C=N–C) groups is 1. The highest BCUT2D eigenvalue weighted by molar-refractivity contribution is 5.81. The van der Waals surface area contributed by atoms with Crippen LogP contribution in [0.3, 0.4) is 0 Å². The van der Waals surface area contributed by atoms with E-state index < -0.39 is 0 Å². The number of nitrogens with zero attached hydrogens (tertiary/aromatic N) is 3. The third kappa shape index (κ3) is 6.96. The van der Waals surface area contributed by atoms with E-state index in [-0.39, 0.29) is 11.4 Å². The van der Waals surface area contributed by atoms with E-state index in [2.05, 4.69) is 43.2 Å². The summed E-state index contributed by atoms with van der Waals surface area (Å²) in [5, 5.41) is 6.62. The lowest BCUT2D eigenvalue weighted by atomic mass is 10.0. The molecule has 0 spiro atoms. The Morgan fingerprint density at radius 3 is 2.59 bits per heavy atom. The lowest BCUT2D eigenvalue weighted by Gasteiger charge is -2.39. The van der Waals surface area contributed by atoms with E-state index >= 15 is 0 Å². The number of amides is 1. The zero-order valence-electron chi connectivity index (χ0n) is 17.7. The highest BCUT2D eigenvalue weighted by Crippen LogP contribution is 2.17. The monoisotopic (exact) mass is 381 g/mol. The Bertz CT molecular complexity index is 489. The lowest BCUT2D eigenvalue weighted by molar-refractivity contribution is -0.134. The predicted octanol–water partition coefficient (Wildman–Crippen LogP) is 1.44. The molecule has 2 fully saturated rings. The first kappa shape index (κ1) is 22.0. The van der Waals surface area contributed by atoms with Crippen molar-refractivity contribution < 1.29 is 9.53 Å². The molecule has 156 valence electrons. The highest BCUT2D eigenvalue weighted by Gasteiger charge is 2.28. The molecule has 0 radical (unpaired) electrons. The minimum atomic E-state index is -0.00875. The summed E-state index contributed by atoms with van der Waals surface area (Å²) in [5.74, 6) is 1.04. The molecule has 0 aromatic heterocycles. The minimum Gasteiger partial charge on any atom is -0.379 e. The Kier molecular flexibility index (Phi) is 8.83. The molecular formula is C20H39N5O2. The quantitative estimate of drug-likeness (QED) is 0.516. The standard InChI is InChI=1S/C20H39N5O2/c1-5-21-19(23-16-20(3,4)24-12-14-27-15-13-24)22-10-9-18(26)25-11-7-6-8-17(25)2/h17H,5-16H2,1-4H3,(H2,21,22,23). The first-order valence-electron chi connectivity index (χ1n) is 10.6. The van der Waals surface area contributed by atoms with Gasteiger partial charge in [-0.25, -0.2) is 0 Å². The number of carbonyl (C=O) groups is 1. The number of piperidine rings is 1. The second-order valence-electron chi connectivity index (χ2n) is 8.22. The molecule has 0 aromatic rings. The number of ether oxygens (including phenoxy) is 1. The summed E-state index contributed by atoms with van der Waals surface area (Å²) in [4.78, 5) is 21.7. The van der Waals surface area contributed by atoms with Crippen LogP contribution >= 0.6 is 0 Å². The number of nitrogens with one attached hydrogen (secondary N) is 2. The maximum atomic E-state index is 12.5. The Hall–Kier alpha value is -1.34. The Labute approximate surface area is 164 Å². The summed E-state index contributed by atoms with van der Waals surface area (Å²) < 4.78 is 5.45. The van der Waals surface area contributed by atoms with Gasteiger partial charge in [0.2, 0.25) is 5.91 Å². The van der Waals surface area contributed by atoms with Crippen LogP contribution in [0.25, 0.3) is 0 Å². The van der Waals surface area contributed by atoms with Crippen molar-refractivity contribution in [2.24, 2.45) is 4.99 Å². The molecule has 27 heavy (non-hydrogen) atoms. The van der Waals surface area contributed by atoms with Gasteiger partial charge < -0.3 is 20.3 Å². The lowest BCUT2D eigenvalue weighted by Crippen LogP contribution is -2.52. The molecule has 7 nitrogen and oxygen atoms in total. The van der Waals surface area contributed by atoms with E-state index in [4.69, 9.17) is 9.73 Å². The molecule has 2 N–H and O–H groups in total. The van der Waals surface area contributed by atoms with Crippen molar-refractivity contribution in [3.63, 3.8) is 0 Å². The number of morpholine rings is 1. The first-order chi connectivity index (χ1) is 12.9. The van der Waals surface area contributed by atoms with Crippen molar-refractivity contribution in [2.75, 3.05) is 52.5 Å². The largest absolute Gasteiger partial charge is 0.379 e. The fourth-order valence-electron chi connectivity index (χ4n) is 3.78. The van der Waals surface area contributed by atoms with Crippen LogP contribution in [-0.2, 0) is 9.53 Å². The Morgan fingerprint density at radius 1 is 1.19 bits per heavy atom. The van der Waals surface area contributed by atoms with Crippen LogP contribution in [0, 0.1) is 0 Å². The van der Waals surface area contributed by atoms with Gasteiger partial charge in [0.05, 0.1) is 19.8 Å². The third-order valence-electron chi connectivity index (χ3n) is 5.59. The van der Waals surface area contributed by atoms with E-state index in [0.717, 1.165) is 58.2 Å². The van der Waals surface area contributed by atoms with E-state index in [1.807, 2.05) is 4.90 Å². The summed E-state index contributed by atoms with van der Waals surface area (Å²) >= 11 is 0. The zero-order chi connectivity index (χ0) is 19.7. The number of hydrogen-bond acceptors (Lipinski definition) is 4. The van der Waals surface area contributed by atoms with Crippen molar-refractivity contribution in [3.05, 3.63) is 0 Å². The molecule has 1 atom stereocenters. The van der Waals surface area contributed by atoms with Crippen LogP contribution in [0.5, 0.6) is 0 Å². The van der Waals surface area contributed by atoms with Crippen molar-refractivity contribution >= 4 is 11.9 Å². The van der Waals surface area contributed by atoms with Crippen molar-refractivity contribution in [1.82, 2.24) is 20.4 Å². The first-order valence-corrected chi connectivity index (χ1v) is 10.6. The van der Waals surface area contributed by atoms with E-state index in [9.17, 15) is 4.79 Å². The summed E-state index contributed by atoms with van der Waals surface area (Å²) in [6, 6.07) is 0.377. The molecule has 0 aliphatic carbocycles. The van der Waals surface area contributed by atoms with Gasteiger partial charge in [0.15, 0.2) is 5.96 Å². The molecule has 2 heterocycles. The van der Waals surface area contributed by atoms with Gasteiger partial charge in [-0.2, -0.15) is 0 Å². The van der Waals surface area contributed by atoms with Gasteiger partial charge in [0.1, 0.15) is 0 Å². The number of carbonyl (C=O) groups excluding carboxylic acids is 1. The van der Waals surface area contributed by atoms with E-state index in [0.29, 0.717) is 25.6 Å². The van der Waals surface area contributed by atoms with Crippen molar-refractivity contribution in [3.8, 4) is 0 Å². The summed E-state index contributed by atoms with van der Waals surface area (Å²) in [6.07, 6.45) is 4.01. The molecule has 0 saturated carbocycles. The molecule has 0 aromatic carbocycles. The van der Waals surface area contributed by atoms with Crippen LogP contribution in [0.1, 0.15) is 53.4 Å². The van der Waals surface area contributed by atoms with Crippen LogP contribution in [0.4, 0.5) is 0 Å². The molecule has 1 unspecified atom stereocenters.